The van der Waals surface area contributed by atoms with Gasteiger partial charge in [0, 0.05) is 22.7 Å². The van der Waals surface area contributed by atoms with E-state index in [1.165, 1.54) is 0 Å². The van der Waals surface area contributed by atoms with Crippen molar-refractivity contribution in [2.75, 3.05) is 6.54 Å². The summed E-state index contributed by atoms with van der Waals surface area (Å²) in [6.45, 7) is 1.98. The number of hydrogen-bond acceptors (Lipinski definition) is 6. The van der Waals surface area contributed by atoms with Gasteiger partial charge in [-0.25, -0.2) is 0 Å². The zero-order chi connectivity index (χ0) is 19.9. The van der Waals surface area contributed by atoms with Gasteiger partial charge in [-0.15, -0.1) is 0 Å². The van der Waals surface area contributed by atoms with Gasteiger partial charge < -0.3 is 14.6 Å². The van der Waals surface area contributed by atoms with Gasteiger partial charge in [0.1, 0.15) is 0 Å². The minimum atomic E-state index is -0.480. The van der Waals surface area contributed by atoms with Crippen LogP contribution < -0.4 is 5.32 Å². The minimum absolute atomic E-state index is 0.0259. The first-order chi connectivity index (χ1) is 13.5. The number of benzene rings is 2. The number of hydrogen-bond donors (Lipinski definition) is 1. The van der Waals surface area contributed by atoms with Crippen LogP contribution in [-0.2, 0) is 16.1 Å². The lowest BCUT2D eigenvalue weighted by Crippen LogP contribution is -2.26. The van der Waals surface area contributed by atoms with Crippen molar-refractivity contribution < 1.29 is 18.8 Å². The Morgan fingerprint density at radius 3 is 2.64 bits per heavy atom. The fourth-order valence-corrected chi connectivity index (χ4v) is 2.57. The van der Waals surface area contributed by atoms with E-state index in [1.54, 1.807) is 24.3 Å². The Bertz CT molecular complexity index is 970. The Balaban J connectivity index is 1.43. The molecule has 0 bridgehead atoms. The van der Waals surface area contributed by atoms with E-state index in [0.717, 1.165) is 11.1 Å². The molecule has 8 heteroatoms. The van der Waals surface area contributed by atoms with Crippen molar-refractivity contribution in [1.29, 1.82) is 0 Å². The molecular formula is C20H18ClN3O4. The quantitative estimate of drug-likeness (QED) is 0.610. The van der Waals surface area contributed by atoms with Gasteiger partial charge in [-0.2, -0.15) is 4.98 Å². The summed E-state index contributed by atoms with van der Waals surface area (Å²) >= 11 is 5.78. The third-order valence-electron chi connectivity index (χ3n) is 3.93. The SMILES string of the molecule is Cc1ccccc1-c1noc(COC(=O)CCNC(=O)c2ccc(Cl)cc2)n1. The number of carbonyl (C=O) groups is 2. The standard InChI is InChI=1S/C20H18ClN3O4/c1-13-4-2-3-5-16(13)19-23-17(28-24-19)12-27-18(25)10-11-22-20(26)14-6-8-15(21)9-7-14/h2-9H,10-12H2,1H3,(H,22,26). The van der Waals surface area contributed by atoms with Gasteiger partial charge in [-0.1, -0.05) is 41.0 Å². The van der Waals surface area contributed by atoms with Crippen LogP contribution in [0.3, 0.4) is 0 Å². The molecule has 1 amide bonds. The smallest absolute Gasteiger partial charge is 0.308 e. The second kappa shape index (κ2) is 9.14. The predicted molar refractivity (Wildman–Crippen MR) is 103 cm³/mol. The number of esters is 1. The van der Waals surface area contributed by atoms with E-state index in [2.05, 4.69) is 15.5 Å². The second-order valence-corrected chi connectivity index (χ2v) is 6.44. The molecule has 0 saturated carbocycles. The molecule has 3 rings (SSSR count). The van der Waals surface area contributed by atoms with E-state index >= 15 is 0 Å². The van der Waals surface area contributed by atoms with Gasteiger partial charge in [0.15, 0.2) is 6.61 Å². The second-order valence-electron chi connectivity index (χ2n) is 6.00. The first-order valence-corrected chi connectivity index (χ1v) is 8.98. The van der Waals surface area contributed by atoms with Crippen molar-refractivity contribution in [3.8, 4) is 11.4 Å². The fourth-order valence-electron chi connectivity index (χ4n) is 2.44. The number of nitrogens with zero attached hydrogens (tertiary/aromatic N) is 2. The van der Waals surface area contributed by atoms with Crippen molar-refractivity contribution in [2.45, 2.75) is 20.0 Å². The average Bonchev–Trinajstić information content (AvgIpc) is 3.16. The number of ether oxygens (including phenoxy) is 1. The molecule has 1 heterocycles. The Hall–Kier alpha value is -3.19. The Labute approximate surface area is 166 Å². The molecule has 0 atom stereocenters. The van der Waals surface area contributed by atoms with Gasteiger partial charge in [0.2, 0.25) is 5.82 Å². The summed E-state index contributed by atoms with van der Waals surface area (Å²) in [5.41, 5.74) is 2.34. The van der Waals surface area contributed by atoms with E-state index in [9.17, 15) is 9.59 Å². The van der Waals surface area contributed by atoms with Crippen LogP contribution in [0.2, 0.25) is 5.02 Å². The summed E-state index contributed by atoms with van der Waals surface area (Å²) in [5.74, 6) is -0.118. The molecule has 0 unspecified atom stereocenters. The van der Waals surface area contributed by atoms with Crippen LogP contribution in [0.5, 0.6) is 0 Å². The van der Waals surface area contributed by atoms with E-state index < -0.39 is 5.97 Å². The molecule has 1 N–H and O–H groups in total. The number of rotatable bonds is 7. The number of aromatic nitrogens is 2. The largest absolute Gasteiger partial charge is 0.456 e. The number of amides is 1. The van der Waals surface area contributed by atoms with Crippen molar-refractivity contribution in [3.63, 3.8) is 0 Å². The van der Waals surface area contributed by atoms with Crippen molar-refractivity contribution >= 4 is 23.5 Å². The van der Waals surface area contributed by atoms with Crippen molar-refractivity contribution in [2.24, 2.45) is 0 Å². The lowest BCUT2D eigenvalue weighted by molar-refractivity contribution is -0.145. The average molecular weight is 400 g/mol. The van der Waals surface area contributed by atoms with Crippen LogP contribution in [0.25, 0.3) is 11.4 Å². The van der Waals surface area contributed by atoms with Crippen LogP contribution in [-0.4, -0.2) is 28.6 Å². The molecule has 0 aliphatic heterocycles. The van der Waals surface area contributed by atoms with Crippen molar-refractivity contribution in [3.05, 3.63) is 70.6 Å². The maximum absolute atomic E-state index is 11.9. The molecule has 0 spiro atoms. The molecule has 0 aliphatic carbocycles. The fraction of sp³-hybridized carbons (Fsp3) is 0.200. The summed E-state index contributed by atoms with van der Waals surface area (Å²) in [4.78, 5) is 28.0. The molecule has 3 aromatic rings. The van der Waals surface area contributed by atoms with Crippen LogP contribution >= 0.6 is 11.6 Å². The first-order valence-electron chi connectivity index (χ1n) is 8.61. The zero-order valence-electron chi connectivity index (χ0n) is 15.1. The zero-order valence-corrected chi connectivity index (χ0v) is 15.9. The van der Waals surface area contributed by atoms with Gasteiger partial charge in [-0.05, 0) is 36.8 Å². The van der Waals surface area contributed by atoms with Crippen molar-refractivity contribution in [1.82, 2.24) is 15.5 Å². The topological polar surface area (TPSA) is 94.3 Å². The lowest BCUT2D eigenvalue weighted by atomic mass is 10.1. The predicted octanol–water partition coefficient (Wildman–Crippen LogP) is 3.56. The molecule has 28 heavy (non-hydrogen) atoms. The number of aryl methyl sites for hydroxylation is 1. The summed E-state index contributed by atoms with van der Waals surface area (Å²) in [5, 5.41) is 7.10. The van der Waals surface area contributed by atoms with Gasteiger partial charge in [-0.3, -0.25) is 9.59 Å². The summed E-state index contributed by atoms with van der Waals surface area (Å²) in [6, 6.07) is 14.1. The Morgan fingerprint density at radius 2 is 1.89 bits per heavy atom. The van der Waals surface area contributed by atoms with E-state index in [4.69, 9.17) is 20.9 Å². The maximum atomic E-state index is 11.9. The molecular weight excluding hydrogens is 382 g/mol. The number of halogens is 1. The van der Waals surface area contributed by atoms with E-state index in [0.29, 0.717) is 16.4 Å². The normalized spacial score (nSPS) is 10.5. The molecule has 0 radical (unpaired) electrons. The van der Waals surface area contributed by atoms with Crippen LogP contribution in [0.15, 0.2) is 53.1 Å². The van der Waals surface area contributed by atoms with Gasteiger partial charge >= 0.3 is 5.97 Å². The highest BCUT2D eigenvalue weighted by Crippen LogP contribution is 2.19. The summed E-state index contributed by atoms with van der Waals surface area (Å²) < 4.78 is 10.2. The first kappa shape index (κ1) is 19.6. The third kappa shape index (κ3) is 5.17. The molecule has 7 nitrogen and oxygen atoms in total. The number of nitrogens with one attached hydrogen (secondary N) is 1. The van der Waals surface area contributed by atoms with Gasteiger partial charge in [0.05, 0.1) is 6.42 Å². The van der Waals surface area contributed by atoms with Crippen LogP contribution in [0.4, 0.5) is 0 Å². The third-order valence-corrected chi connectivity index (χ3v) is 4.18. The maximum Gasteiger partial charge on any atom is 0.308 e. The summed E-state index contributed by atoms with van der Waals surface area (Å²) in [6.07, 6.45) is 0.0259. The molecule has 144 valence electrons. The molecule has 0 aliphatic rings. The monoisotopic (exact) mass is 399 g/mol. The Morgan fingerprint density at radius 1 is 1.14 bits per heavy atom. The minimum Gasteiger partial charge on any atom is -0.456 e. The van der Waals surface area contributed by atoms with Crippen LogP contribution in [0.1, 0.15) is 28.2 Å². The highest BCUT2D eigenvalue weighted by Gasteiger charge is 2.13. The highest BCUT2D eigenvalue weighted by atomic mass is 35.5. The molecule has 0 saturated heterocycles. The molecule has 0 fully saturated rings. The van der Waals surface area contributed by atoms with E-state index in [1.807, 2.05) is 31.2 Å². The lowest BCUT2D eigenvalue weighted by Gasteiger charge is -2.05. The molecule has 2 aromatic carbocycles. The van der Waals surface area contributed by atoms with E-state index in [-0.39, 0.29) is 31.4 Å². The number of carbonyl (C=O) groups excluding carboxylic acids is 2. The molecule has 1 aromatic heterocycles. The van der Waals surface area contributed by atoms with Gasteiger partial charge in [0.25, 0.3) is 11.8 Å². The summed E-state index contributed by atoms with van der Waals surface area (Å²) in [7, 11) is 0. The Kier molecular flexibility index (Phi) is 6.39. The highest BCUT2D eigenvalue weighted by molar-refractivity contribution is 6.30. The van der Waals surface area contributed by atoms with Crippen LogP contribution in [0, 0.1) is 6.92 Å².